The van der Waals surface area contributed by atoms with Crippen LogP contribution in [-0.2, 0) is 6.54 Å². The third-order valence-corrected chi connectivity index (χ3v) is 5.82. The molecule has 168 valence electrons. The second-order valence-corrected chi connectivity index (χ2v) is 7.68. The molecule has 0 spiro atoms. The third-order valence-electron chi connectivity index (χ3n) is 5.82. The van der Waals surface area contributed by atoms with E-state index in [4.69, 9.17) is 9.47 Å². The van der Waals surface area contributed by atoms with Gasteiger partial charge < -0.3 is 29.2 Å². The highest BCUT2D eigenvalue weighted by Crippen LogP contribution is 2.39. The summed E-state index contributed by atoms with van der Waals surface area (Å²) in [6.45, 7) is 7.09. The summed E-state index contributed by atoms with van der Waals surface area (Å²) in [6.07, 6.45) is 6.03. The molecular formula is C24H28N4O4. The van der Waals surface area contributed by atoms with Gasteiger partial charge in [-0.15, -0.1) is 6.58 Å². The fourth-order valence-corrected chi connectivity index (χ4v) is 4.12. The van der Waals surface area contributed by atoms with E-state index < -0.39 is 0 Å². The lowest BCUT2D eigenvalue weighted by Crippen LogP contribution is -2.46. The number of hydrogen-bond acceptors (Lipinski definition) is 5. The Kier molecular flexibility index (Phi) is 6.32. The van der Waals surface area contributed by atoms with Gasteiger partial charge in [0.2, 0.25) is 0 Å². The molecule has 8 heteroatoms. The number of H-pyrrole nitrogens is 1. The SMILES string of the molecule is C=CCCn1cc(-c2cc(OC)c(C(=O)N3CCNCC3)cc2OC)c2cc[nH]c2c1=O. The van der Waals surface area contributed by atoms with Crippen LogP contribution in [0.3, 0.4) is 0 Å². The van der Waals surface area contributed by atoms with Gasteiger partial charge in [-0.25, -0.2) is 0 Å². The molecule has 0 aliphatic carbocycles. The highest BCUT2D eigenvalue weighted by Gasteiger charge is 2.25. The molecule has 1 fully saturated rings. The predicted molar refractivity (Wildman–Crippen MR) is 125 cm³/mol. The summed E-state index contributed by atoms with van der Waals surface area (Å²) in [6, 6.07) is 5.42. The number of carbonyl (C=O) groups excluding carboxylic acids is 1. The maximum atomic E-state index is 13.2. The lowest BCUT2D eigenvalue weighted by Gasteiger charge is -2.28. The maximum absolute atomic E-state index is 13.2. The quantitative estimate of drug-likeness (QED) is 0.556. The van der Waals surface area contributed by atoms with Crippen LogP contribution in [0.25, 0.3) is 22.0 Å². The number of pyridine rings is 1. The Bertz CT molecular complexity index is 1200. The first-order valence-electron chi connectivity index (χ1n) is 10.7. The van der Waals surface area contributed by atoms with E-state index in [-0.39, 0.29) is 11.5 Å². The van der Waals surface area contributed by atoms with E-state index >= 15 is 0 Å². The maximum Gasteiger partial charge on any atom is 0.274 e. The number of nitrogens with one attached hydrogen (secondary N) is 2. The second-order valence-electron chi connectivity index (χ2n) is 7.68. The van der Waals surface area contributed by atoms with Gasteiger partial charge in [-0.05, 0) is 24.6 Å². The van der Waals surface area contributed by atoms with Gasteiger partial charge in [-0.2, -0.15) is 0 Å². The molecule has 3 heterocycles. The van der Waals surface area contributed by atoms with Crippen molar-refractivity contribution >= 4 is 16.8 Å². The molecule has 8 nitrogen and oxygen atoms in total. The van der Waals surface area contributed by atoms with E-state index in [9.17, 15) is 9.59 Å². The molecule has 0 atom stereocenters. The van der Waals surface area contributed by atoms with Crippen molar-refractivity contribution in [2.24, 2.45) is 0 Å². The largest absolute Gasteiger partial charge is 0.496 e. The Hall–Kier alpha value is -3.52. The molecule has 3 aromatic rings. The molecule has 32 heavy (non-hydrogen) atoms. The summed E-state index contributed by atoms with van der Waals surface area (Å²) < 4.78 is 13.0. The van der Waals surface area contributed by atoms with Crippen LogP contribution < -0.4 is 20.3 Å². The number of carbonyl (C=O) groups is 1. The number of ether oxygens (including phenoxy) is 2. The van der Waals surface area contributed by atoms with E-state index in [1.165, 1.54) is 0 Å². The van der Waals surface area contributed by atoms with E-state index in [0.717, 1.165) is 29.6 Å². The topological polar surface area (TPSA) is 88.6 Å². The van der Waals surface area contributed by atoms with Crippen LogP contribution in [0, 0.1) is 0 Å². The Balaban J connectivity index is 1.87. The number of aromatic nitrogens is 2. The van der Waals surface area contributed by atoms with Crippen LogP contribution in [0.1, 0.15) is 16.8 Å². The van der Waals surface area contributed by atoms with Crippen LogP contribution in [-0.4, -0.2) is 60.8 Å². The number of amides is 1. The molecule has 0 bridgehead atoms. The smallest absolute Gasteiger partial charge is 0.274 e. The summed E-state index contributed by atoms with van der Waals surface area (Å²) in [5.74, 6) is 0.925. The zero-order chi connectivity index (χ0) is 22.7. The minimum atomic E-state index is -0.0907. The van der Waals surface area contributed by atoms with Gasteiger partial charge in [0, 0.05) is 61.6 Å². The van der Waals surface area contributed by atoms with Crippen LogP contribution in [0.5, 0.6) is 11.5 Å². The van der Waals surface area contributed by atoms with Gasteiger partial charge in [0.1, 0.15) is 17.0 Å². The second kappa shape index (κ2) is 9.32. The molecule has 1 saturated heterocycles. The Morgan fingerprint density at radius 3 is 2.59 bits per heavy atom. The number of aromatic amines is 1. The molecule has 2 N–H and O–H groups in total. The van der Waals surface area contributed by atoms with Crippen molar-refractivity contribution in [1.82, 2.24) is 19.8 Å². The Labute approximate surface area is 186 Å². The first kappa shape index (κ1) is 21.7. The molecule has 0 unspecified atom stereocenters. The molecule has 0 saturated carbocycles. The minimum Gasteiger partial charge on any atom is -0.496 e. The van der Waals surface area contributed by atoms with Gasteiger partial charge in [-0.3, -0.25) is 9.59 Å². The zero-order valence-electron chi connectivity index (χ0n) is 18.4. The van der Waals surface area contributed by atoms with Gasteiger partial charge in [0.25, 0.3) is 11.5 Å². The molecule has 2 aromatic heterocycles. The fourth-order valence-electron chi connectivity index (χ4n) is 4.12. The number of piperazine rings is 1. The minimum absolute atomic E-state index is 0.0871. The number of nitrogens with zero attached hydrogens (tertiary/aromatic N) is 2. The average molecular weight is 437 g/mol. The first-order chi connectivity index (χ1) is 15.6. The lowest BCUT2D eigenvalue weighted by atomic mass is 9.99. The predicted octanol–water partition coefficient (Wildman–Crippen LogP) is 2.64. The van der Waals surface area contributed by atoms with E-state index in [0.29, 0.717) is 48.6 Å². The van der Waals surface area contributed by atoms with Gasteiger partial charge in [0.05, 0.1) is 19.8 Å². The summed E-state index contributed by atoms with van der Waals surface area (Å²) in [5, 5.41) is 4.04. The molecule has 4 rings (SSSR count). The van der Waals surface area contributed by atoms with Crippen molar-refractivity contribution in [2.75, 3.05) is 40.4 Å². The number of rotatable bonds is 7. The summed E-state index contributed by atoms with van der Waals surface area (Å²) in [5.41, 5.74) is 2.46. The third kappa shape index (κ3) is 3.89. The summed E-state index contributed by atoms with van der Waals surface area (Å²) in [7, 11) is 3.13. The Morgan fingerprint density at radius 1 is 1.16 bits per heavy atom. The fraction of sp³-hybridized carbons (Fsp3) is 0.333. The van der Waals surface area contributed by atoms with Gasteiger partial charge >= 0.3 is 0 Å². The first-order valence-corrected chi connectivity index (χ1v) is 10.7. The number of allylic oxidation sites excluding steroid dienone is 1. The van der Waals surface area contributed by atoms with Crippen LogP contribution in [0.15, 0.2) is 48.0 Å². The average Bonchev–Trinajstić information content (AvgIpc) is 3.33. The zero-order valence-corrected chi connectivity index (χ0v) is 18.4. The standard InChI is InChI=1S/C24H28N4O4/c1-4-5-10-28-15-19(16-6-7-26-22(16)24(28)30)17-13-21(32-3)18(14-20(17)31-2)23(29)27-11-8-25-9-12-27/h4,6-7,13-15,25-26H,1,5,8-12H2,2-3H3. The Morgan fingerprint density at radius 2 is 1.91 bits per heavy atom. The monoisotopic (exact) mass is 436 g/mol. The number of methoxy groups -OCH3 is 2. The number of fused-ring (bicyclic) bond motifs is 1. The molecule has 1 amide bonds. The van der Waals surface area contributed by atoms with Gasteiger partial charge in [-0.1, -0.05) is 6.08 Å². The lowest BCUT2D eigenvalue weighted by molar-refractivity contribution is 0.0732. The van der Waals surface area contributed by atoms with Crippen molar-refractivity contribution in [1.29, 1.82) is 0 Å². The highest BCUT2D eigenvalue weighted by molar-refractivity contribution is 6.01. The van der Waals surface area contributed by atoms with Crippen molar-refractivity contribution in [3.05, 3.63) is 59.2 Å². The van der Waals surface area contributed by atoms with E-state index in [1.807, 2.05) is 23.2 Å². The molecule has 0 radical (unpaired) electrons. The number of aryl methyl sites for hydroxylation is 1. The van der Waals surface area contributed by atoms with Crippen LogP contribution in [0.2, 0.25) is 0 Å². The van der Waals surface area contributed by atoms with Crippen molar-refractivity contribution in [3.63, 3.8) is 0 Å². The molecular weight excluding hydrogens is 408 g/mol. The number of benzene rings is 1. The molecule has 1 aliphatic rings. The molecule has 1 aromatic carbocycles. The van der Waals surface area contributed by atoms with Crippen molar-refractivity contribution < 1.29 is 14.3 Å². The number of hydrogen-bond donors (Lipinski definition) is 2. The normalized spacial score (nSPS) is 13.9. The highest BCUT2D eigenvalue weighted by atomic mass is 16.5. The van der Waals surface area contributed by atoms with Crippen molar-refractivity contribution in [2.45, 2.75) is 13.0 Å². The van der Waals surface area contributed by atoms with Gasteiger partial charge in [0.15, 0.2) is 0 Å². The molecule has 1 aliphatic heterocycles. The summed E-state index contributed by atoms with van der Waals surface area (Å²) >= 11 is 0. The summed E-state index contributed by atoms with van der Waals surface area (Å²) in [4.78, 5) is 30.9. The van der Waals surface area contributed by atoms with E-state index in [2.05, 4.69) is 16.9 Å². The van der Waals surface area contributed by atoms with Crippen molar-refractivity contribution in [3.8, 4) is 22.6 Å². The van der Waals surface area contributed by atoms with Crippen LogP contribution >= 0.6 is 0 Å². The van der Waals surface area contributed by atoms with E-state index in [1.54, 1.807) is 37.1 Å². The van der Waals surface area contributed by atoms with Crippen LogP contribution in [0.4, 0.5) is 0 Å².